The lowest BCUT2D eigenvalue weighted by molar-refractivity contribution is 0.273. The molecule has 0 radical (unpaired) electrons. The molecule has 0 N–H and O–H groups in total. The van der Waals surface area contributed by atoms with E-state index in [1.807, 2.05) is 0 Å². The van der Waals surface area contributed by atoms with Gasteiger partial charge in [0.2, 0.25) is 0 Å². The van der Waals surface area contributed by atoms with Gasteiger partial charge >= 0.3 is 0 Å². The van der Waals surface area contributed by atoms with Gasteiger partial charge in [-0.3, -0.25) is 0 Å². The Balaban J connectivity index is 3.00. The summed E-state index contributed by atoms with van der Waals surface area (Å²) >= 11 is 5.74. The second-order valence-electron chi connectivity index (χ2n) is 2.90. The Morgan fingerprint density at radius 3 is 2.67 bits per heavy atom. The maximum atomic E-state index is 10.9. The van der Waals surface area contributed by atoms with Gasteiger partial charge in [-0.2, -0.15) is 8.42 Å². The Bertz CT molecular complexity index is 488. The number of halogens is 1. The molecule has 1 aromatic rings. The average molecular weight is 245 g/mol. The largest absolute Gasteiger partial charge is 0.265 e. The molecule has 1 aromatic carbocycles. The van der Waals surface area contributed by atoms with Gasteiger partial charge in [-0.15, -0.1) is 6.42 Å². The quantitative estimate of drug-likeness (QED) is 0.603. The number of terminal acetylenes is 1. The predicted octanol–water partition coefficient (Wildman–Crippen LogP) is 1.99. The van der Waals surface area contributed by atoms with Crippen LogP contribution in [-0.4, -0.2) is 14.7 Å². The molecular formula is C10H9ClO3S. The first-order valence-corrected chi connectivity index (χ1v) is 6.21. The highest BCUT2D eigenvalue weighted by Crippen LogP contribution is 2.21. The lowest BCUT2D eigenvalue weighted by Gasteiger charge is -2.10. The van der Waals surface area contributed by atoms with Crippen molar-refractivity contribution in [1.82, 2.24) is 0 Å². The van der Waals surface area contributed by atoms with Crippen molar-refractivity contribution in [2.75, 3.05) is 6.26 Å². The molecule has 0 aliphatic heterocycles. The molecule has 0 amide bonds. The van der Waals surface area contributed by atoms with E-state index in [0.29, 0.717) is 10.6 Å². The number of benzene rings is 1. The van der Waals surface area contributed by atoms with Crippen LogP contribution in [0, 0.1) is 12.3 Å². The minimum absolute atomic E-state index is 0.477. The van der Waals surface area contributed by atoms with E-state index in [9.17, 15) is 8.42 Å². The second-order valence-corrected chi connectivity index (χ2v) is 4.94. The van der Waals surface area contributed by atoms with Gasteiger partial charge in [0.25, 0.3) is 10.1 Å². The fourth-order valence-electron chi connectivity index (χ4n) is 1.02. The van der Waals surface area contributed by atoms with Crippen molar-refractivity contribution in [1.29, 1.82) is 0 Å². The zero-order chi connectivity index (χ0) is 11.5. The van der Waals surface area contributed by atoms with Crippen LogP contribution in [0.2, 0.25) is 5.02 Å². The Kier molecular flexibility index (Phi) is 3.75. The van der Waals surface area contributed by atoms with Crippen LogP contribution in [0.1, 0.15) is 11.7 Å². The van der Waals surface area contributed by atoms with Gasteiger partial charge in [0.1, 0.15) is 0 Å². The van der Waals surface area contributed by atoms with E-state index in [0.717, 1.165) is 6.26 Å². The third-order valence-corrected chi connectivity index (χ3v) is 2.35. The zero-order valence-corrected chi connectivity index (χ0v) is 9.55. The van der Waals surface area contributed by atoms with Crippen LogP contribution in [0.5, 0.6) is 0 Å². The molecule has 0 saturated heterocycles. The lowest BCUT2D eigenvalue weighted by Crippen LogP contribution is -2.08. The summed E-state index contributed by atoms with van der Waals surface area (Å²) < 4.78 is 26.5. The Labute approximate surface area is 94.1 Å². The van der Waals surface area contributed by atoms with Gasteiger partial charge in [0.05, 0.1) is 6.26 Å². The molecule has 1 rings (SSSR count). The number of hydrogen-bond acceptors (Lipinski definition) is 3. The predicted molar refractivity (Wildman–Crippen MR) is 59.0 cm³/mol. The van der Waals surface area contributed by atoms with Crippen molar-refractivity contribution in [2.24, 2.45) is 0 Å². The summed E-state index contributed by atoms with van der Waals surface area (Å²) in [6.07, 6.45) is 5.19. The maximum Gasteiger partial charge on any atom is 0.265 e. The molecule has 0 heterocycles. The van der Waals surface area contributed by atoms with E-state index < -0.39 is 16.2 Å². The van der Waals surface area contributed by atoms with Crippen molar-refractivity contribution >= 4 is 21.7 Å². The molecule has 1 atom stereocenters. The van der Waals surface area contributed by atoms with Crippen molar-refractivity contribution in [3.8, 4) is 12.3 Å². The van der Waals surface area contributed by atoms with Crippen LogP contribution in [0.15, 0.2) is 24.3 Å². The molecule has 15 heavy (non-hydrogen) atoms. The van der Waals surface area contributed by atoms with Gasteiger partial charge < -0.3 is 0 Å². The highest BCUT2D eigenvalue weighted by atomic mass is 35.5. The van der Waals surface area contributed by atoms with Crippen molar-refractivity contribution in [2.45, 2.75) is 6.10 Å². The minimum Gasteiger partial charge on any atom is -0.249 e. The van der Waals surface area contributed by atoms with Crippen molar-refractivity contribution in [3.63, 3.8) is 0 Å². The van der Waals surface area contributed by atoms with E-state index in [-0.39, 0.29) is 0 Å². The Hall–Kier alpha value is -1.02. The smallest absolute Gasteiger partial charge is 0.249 e. The van der Waals surface area contributed by atoms with Gasteiger partial charge in [-0.05, 0) is 17.7 Å². The third kappa shape index (κ3) is 3.92. The van der Waals surface area contributed by atoms with Crippen LogP contribution in [0.4, 0.5) is 0 Å². The molecule has 80 valence electrons. The summed E-state index contributed by atoms with van der Waals surface area (Å²) in [6, 6.07) is 6.56. The topological polar surface area (TPSA) is 43.4 Å². The molecular weight excluding hydrogens is 236 g/mol. The van der Waals surface area contributed by atoms with E-state index in [1.54, 1.807) is 24.3 Å². The van der Waals surface area contributed by atoms with E-state index >= 15 is 0 Å². The second kappa shape index (κ2) is 4.67. The Morgan fingerprint density at radius 1 is 1.53 bits per heavy atom. The van der Waals surface area contributed by atoms with Gasteiger partial charge in [-0.25, -0.2) is 4.18 Å². The average Bonchev–Trinajstić information content (AvgIpc) is 2.13. The molecule has 0 saturated carbocycles. The van der Waals surface area contributed by atoms with Crippen LogP contribution < -0.4 is 0 Å². The highest BCUT2D eigenvalue weighted by molar-refractivity contribution is 7.86. The van der Waals surface area contributed by atoms with Crippen molar-refractivity contribution in [3.05, 3.63) is 34.9 Å². The monoisotopic (exact) mass is 244 g/mol. The fraction of sp³-hybridized carbons (Fsp3) is 0.200. The molecule has 5 heteroatoms. The number of hydrogen-bond donors (Lipinski definition) is 0. The van der Waals surface area contributed by atoms with Crippen molar-refractivity contribution < 1.29 is 12.6 Å². The molecule has 0 bridgehead atoms. The van der Waals surface area contributed by atoms with Gasteiger partial charge in [0, 0.05) is 5.02 Å². The van der Waals surface area contributed by atoms with Crippen LogP contribution in [0.3, 0.4) is 0 Å². The summed E-state index contributed by atoms with van der Waals surface area (Å²) in [5.41, 5.74) is 0.537. The molecule has 3 nitrogen and oxygen atoms in total. The summed E-state index contributed by atoms with van der Waals surface area (Å²) in [4.78, 5) is 0. The SMILES string of the molecule is C#CC(OS(C)(=O)=O)c1cccc(Cl)c1. The Morgan fingerprint density at radius 2 is 2.20 bits per heavy atom. The minimum atomic E-state index is -3.58. The summed E-state index contributed by atoms with van der Waals surface area (Å²) in [7, 11) is -3.58. The van der Waals surface area contributed by atoms with Gasteiger partial charge in [-0.1, -0.05) is 29.7 Å². The third-order valence-electron chi connectivity index (χ3n) is 1.57. The zero-order valence-electron chi connectivity index (χ0n) is 7.98. The van der Waals surface area contributed by atoms with Crippen LogP contribution >= 0.6 is 11.6 Å². The maximum absolute atomic E-state index is 10.9. The van der Waals surface area contributed by atoms with Crippen LogP contribution in [0.25, 0.3) is 0 Å². The molecule has 0 spiro atoms. The van der Waals surface area contributed by atoms with E-state index in [2.05, 4.69) is 5.92 Å². The highest BCUT2D eigenvalue weighted by Gasteiger charge is 2.15. The standard InChI is InChI=1S/C10H9ClO3S/c1-3-10(14-15(2,12)13)8-5-4-6-9(11)7-8/h1,4-7,10H,2H3. The summed E-state index contributed by atoms with van der Waals surface area (Å²) in [5.74, 6) is 2.24. The molecule has 0 aliphatic carbocycles. The molecule has 0 aliphatic rings. The summed E-state index contributed by atoms with van der Waals surface area (Å²) in [6.45, 7) is 0. The first-order valence-electron chi connectivity index (χ1n) is 4.02. The molecule has 0 fully saturated rings. The van der Waals surface area contributed by atoms with Crippen LogP contribution in [-0.2, 0) is 14.3 Å². The summed E-state index contributed by atoms with van der Waals surface area (Å²) in [5, 5.41) is 0.477. The van der Waals surface area contributed by atoms with E-state index in [4.69, 9.17) is 22.2 Å². The number of rotatable bonds is 3. The first-order chi connectivity index (χ1) is 6.92. The molecule has 1 unspecified atom stereocenters. The lowest BCUT2D eigenvalue weighted by atomic mass is 10.1. The van der Waals surface area contributed by atoms with E-state index in [1.165, 1.54) is 0 Å². The fourth-order valence-corrected chi connectivity index (χ4v) is 1.74. The normalized spacial score (nSPS) is 13.1. The first kappa shape index (κ1) is 12.1. The molecule has 0 aromatic heterocycles. The van der Waals surface area contributed by atoms with Gasteiger partial charge in [0.15, 0.2) is 6.10 Å².